The maximum atomic E-state index is 12.2. The molecule has 2 atom stereocenters. The van der Waals surface area contributed by atoms with Crippen molar-refractivity contribution in [2.45, 2.75) is 31.7 Å². The van der Waals surface area contributed by atoms with Gasteiger partial charge in [-0.1, -0.05) is 12.8 Å². The summed E-state index contributed by atoms with van der Waals surface area (Å²) in [4.78, 5) is 27.4. The van der Waals surface area contributed by atoms with E-state index >= 15 is 0 Å². The average molecular weight is 278 g/mol. The zero-order valence-electron chi connectivity index (χ0n) is 11.3. The first-order valence-electron chi connectivity index (χ1n) is 6.66. The third kappa shape index (κ3) is 3.07. The molecule has 0 saturated heterocycles. The van der Waals surface area contributed by atoms with Crippen molar-refractivity contribution in [1.82, 2.24) is 10.3 Å². The second kappa shape index (κ2) is 6.36. The summed E-state index contributed by atoms with van der Waals surface area (Å²) in [5.74, 6) is -1.47. The second-order valence-electron chi connectivity index (χ2n) is 4.87. The molecule has 2 N–H and O–H groups in total. The van der Waals surface area contributed by atoms with Crippen molar-refractivity contribution in [1.29, 1.82) is 0 Å². The van der Waals surface area contributed by atoms with Gasteiger partial charge < -0.3 is 15.2 Å². The first-order chi connectivity index (χ1) is 9.63. The largest absolute Gasteiger partial charge is 0.481 e. The van der Waals surface area contributed by atoms with Gasteiger partial charge in [0.15, 0.2) is 0 Å². The van der Waals surface area contributed by atoms with Crippen LogP contribution < -0.4 is 10.1 Å². The Morgan fingerprint density at radius 2 is 2.15 bits per heavy atom. The van der Waals surface area contributed by atoms with Gasteiger partial charge in [0.1, 0.15) is 5.56 Å². The van der Waals surface area contributed by atoms with Gasteiger partial charge in [-0.05, 0) is 25.0 Å². The number of methoxy groups -OCH3 is 1. The quantitative estimate of drug-likeness (QED) is 0.870. The third-order valence-electron chi connectivity index (χ3n) is 3.61. The summed E-state index contributed by atoms with van der Waals surface area (Å²) in [5, 5.41) is 12.0. The van der Waals surface area contributed by atoms with Gasteiger partial charge in [0, 0.05) is 12.2 Å². The van der Waals surface area contributed by atoms with E-state index in [0.29, 0.717) is 18.4 Å². The van der Waals surface area contributed by atoms with E-state index in [1.54, 1.807) is 12.1 Å². The van der Waals surface area contributed by atoms with Crippen LogP contribution in [0.1, 0.15) is 36.0 Å². The average Bonchev–Trinajstić information content (AvgIpc) is 2.47. The van der Waals surface area contributed by atoms with E-state index in [2.05, 4.69) is 10.3 Å². The van der Waals surface area contributed by atoms with Gasteiger partial charge in [-0.25, -0.2) is 4.98 Å². The molecule has 108 valence electrons. The van der Waals surface area contributed by atoms with Crippen LogP contribution in [0.3, 0.4) is 0 Å². The highest BCUT2D eigenvalue weighted by molar-refractivity contribution is 5.96. The SMILES string of the molecule is COc1ncccc1C(=O)NC1CCCCC1C(=O)O. The molecule has 1 aliphatic rings. The highest BCUT2D eigenvalue weighted by Crippen LogP contribution is 2.25. The summed E-state index contributed by atoms with van der Waals surface area (Å²) in [5.41, 5.74) is 0.324. The molecular weight excluding hydrogens is 260 g/mol. The molecule has 20 heavy (non-hydrogen) atoms. The molecule has 0 aromatic carbocycles. The minimum absolute atomic E-state index is 0.243. The fourth-order valence-electron chi connectivity index (χ4n) is 2.57. The lowest BCUT2D eigenvalue weighted by molar-refractivity contribution is -0.143. The number of hydrogen-bond donors (Lipinski definition) is 2. The predicted molar refractivity (Wildman–Crippen MR) is 71.6 cm³/mol. The van der Waals surface area contributed by atoms with E-state index in [4.69, 9.17) is 4.74 Å². The fraction of sp³-hybridized carbons (Fsp3) is 0.500. The smallest absolute Gasteiger partial charge is 0.308 e. The van der Waals surface area contributed by atoms with Crippen molar-refractivity contribution in [2.75, 3.05) is 7.11 Å². The van der Waals surface area contributed by atoms with E-state index in [9.17, 15) is 14.7 Å². The van der Waals surface area contributed by atoms with E-state index < -0.39 is 11.9 Å². The number of aliphatic carboxylic acids is 1. The second-order valence-corrected chi connectivity index (χ2v) is 4.87. The highest BCUT2D eigenvalue weighted by atomic mass is 16.5. The zero-order chi connectivity index (χ0) is 14.5. The summed E-state index contributed by atoms with van der Waals surface area (Å²) in [6.45, 7) is 0. The van der Waals surface area contributed by atoms with Gasteiger partial charge >= 0.3 is 5.97 Å². The van der Waals surface area contributed by atoms with Gasteiger partial charge in [0.25, 0.3) is 5.91 Å². The predicted octanol–water partition coefficient (Wildman–Crippen LogP) is 1.46. The topological polar surface area (TPSA) is 88.5 Å². The molecule has 1 aromatic heterocycles. The standard InChI is InChI=1S/C14H18N2O4/c1-20-13-10(6-4-8-15-13)12(17)16-11-7-3-2-5-9(11)14(18)19/h4,6,8-9,11H,2-3,5,7H2,1H3,(H,16,17)(H,18,19). The number of ether oxygens (including phenoxy) is 1. The number of carboxylic acids is 1. The normalized spacial score (nSPS) is 22.1. The van der Waals surface area contributed by atoms with Crippen LogP contribution in [-0.2, 0) is 4.79 Å². The molecule has 6 nitrogen and oxygen atoms in total. The number of carboxylic acid groups (broad SMARTS) is 1. The van der Waals surface area contributed by atoms with Crippen LogP contribution in [0.25, 0.3) is 0 Å². The van der Waals surface area contributed by atoms with E-state index in [1.165, 1.54) is 13.3 Å². The molecule has 1 amide bonds. The Hall–Kier alpha value is -2.11. The number of carbonyl (C=O) groups excluding carboxylic acids is 1. The monoisotopic (exact) mass is 278 g/mol. The van der Waals surface area contributed by atoms with Gasteiger partial charge in [-0.2, -0.15) is 0 Å². The number of aromatic nitrogens is 1. The Kier molecular flexibility index (Phi) is 4.55. The highest BCUT2D eigenvalue weighted by Gasteiger charge is 2.32. The molecule has 0 radical (unpaired) electrons. The maximum Gasteiger partial charge on any atom is 0.308 e. The molecule has 1 aliphatic carbocycles. The fourth-order valence-corrected chi connectivity index (χ4v) is 2.57. The Labute approximate surface area is 117 Å². The van der Waals surface area contributed by atoms with Crippen molar-refractivity contribution in [2.24, 2.45) is 5.92 Å². The molecule has 2 rings (SSSR count). The molecule has 0 spiro atoms. The molecule has 0 aliphatic heterocycles. The number of carbonyl (C=O) groups is 2. The van der Waals surface area contributed by atoms with Crippen molar-refractivity contribution < 1.29 is 19.4 Å². The van der Waals surface area contributed by atoms with Gasteiger partial charge in [0.2, 0.25) is 5.88 Å². The lowest BCUT2D eigenvalue weighted by atomic mass is 9.84. The van der Waals surface area contributed by atoms with E-state index in [-0.39, 0.29) is 17.8 Å². The Balaban J connectivity index is 2.11. The van der Waals surface area contributed by atoms with Crippen LogP contribution in [0.5, 0.6) is 5.88 Å². The Bertz CT molecular complexity index is 504. The van der Waals surface area contributed by atoms with Crippen molar-refractivity contribution in [3.8, 4) is 5.88 Å². The molecule has 0 bridgehead atoms. The molecule has 1 aromatic rings. The summed E-state index contributed by atoms with van der Waals surface area (Å²) in [6.07, 6.45) is 4.64. The summed E-state index contributed by atoms with van der Waals surface area (Å²) in [6, 6.07) is 2.92. The van der Waals surface area contributed by atoms with Crippen LogP contribution in [0.4, 0.5) is 0 Å². The lowest BCUT2D eigenvalue weighted by Gasteiger charge is -2.29. The number of nitrogens with zero attached hydrogens (tertiary/aromatic N) is 1. The molecule has 6 heteroatoms. The minimum Gasteiger partial charge on any atom is -0.481 e. The van der Waals surface area contributed by atoms with Gasteiger partial charge in [0.05, 0.1) is 13.0 Å². The van der Waals surface area contributed by atoms with Crippen LogP contribution in [0.15, 0.2) is 18.3 Å². The molecule has 2 unspecified atom stereocenters. The lowest BCUT2D eigenvalue weighted by Crippen LogP contribution is -2.45. The first-order valence-corrected chi connectivity index (χ1v) is 6.66. The number of nitrogens with one attached hydrogen (secondary N) is 1. The van der Waals surface area contributed by atoms with Gasteiger partial charge in [-0.3, -0.25) is 9.59 Å². The van der Waals surface area contributed by atoms with E-state index in [0.717, 1.165) is 12.8 Å². The number of pyridine rings is 1. The summed E-state index contributed by atoms with van der Waals surface area (Å²) < 4.78 is 5.04. The van der Waals surface area contributed by atoms with E-state index in [1.807, 2.05) is 0 Å². The van der Waals surface area contributed by atoms with Crippen LogP contribution >= 0.6 is 0 Å². The molecule has 1 heterocycles. The first kappa shape index (κ1) is 14.3. The third-order valence-corrected chi connectivity index (χ3v) is 3.61. The van der Waals surface area contributed by atoms with Crippen LogP contribution in [0, 0.1) is 5.92 Å². The van der Waals surface area contributed by atoms with Crippen molar-refractivity contribution in [3.63, 3.8) is 0 Å². The Morgan fingerprint density at radius 3 is 2.85 bits per heavy atom. The van der Waals surface area contributed by atoms with Gasteiger partial charge in [-0.15, -0.1) is 0 Å². The summed E-state index contributed by atoms with van der Waals surface area (Å²) >= 11 is 0. The van der Waals surface area contributed by atoms with Crippen LogP contribution in [0.2, 0.25) is 0 Å². The Morgan fingerprint density at radius 1 is 1.40 bits per heavy atom. The maximum absolute atomic E-state index is 12.2. The zero-order valence-corrected chi connectivity index (χ0v) is 11.3. The molecular formula is C14H18N2O4. The number of rotatable bonds is 4. The van der Waals surface area contributed by atoms with Crippen molar-refractivity contribution >= 4 is 11.9 Å². The minimum atomic E-state index is -0.854. The summed E-state index contributed by atoms with van der Waals surface area (Å²) in [7, 11) is 1.44. The van der Waals surface area contributed by atoms with Crippen molar-refractivity contribution in [3.05, 3.63) is 23.9 Å². The number of hydrogen-bond acceptors (Lipinski definition) is 4. The number of amides is 1. The molecule has 1 fully saturated rings. The molecule has 1 saturated carbocycles. The van der Waals surface area contributed by atoms with Crippen LogP contribution in [-0.4, -0.2) is 35.1 Å².